The van der Waals surface area contributed by atoms with Crippen molar-refractivity contribution in [2.45, 2.75) is 140 Å². The normalized spacial score (nSPS) is 36.6. The summed E-state index contributed by atoms with van der Waals surface area (Å²) in [6.45, 7) is 13.1. The molecule has 6 fully saturated rings. The number of anilines is 1. The van der Waals surface area contributed by atoms with Crippen molar-refractivity contribution in [2.75, 3.05) is 24.5 Å². The fraction of sp³-hybridized carbons (Fsp3) is 0.730. The van der Waals surface area contributed by atoms with Gasteiger partial charge in [-0.3, -0.25) is 9.80 Å². The molecular formula is C37H55N6O5+. The molecule has 4 aliphatic heterocycles. The van der Waals surface area contributed by atoms with E-state index in [0.717, 1.165) is 28.4 Å². The number of hydrogen-bond acceptors (Lipinski definition) is 8. The predicted octanol–water partition coefficient (Wildman–Crippen LogP) is 5.26. The second-order valence-corrected chi connectivity index (χ2v) is 15.3. The third-order valence-corrected chi connectivity index (χ3v) is 12.2. The molecule has 11 heteroatoms. The Kier molecular flexibility index (Phi) is 9.93. The number of piperidine rings is 2. The topological polar surface area (TPSA) is 104 Å². The zero-order valence-corrected chi connectivity index (χ0v) is 29.0. The van der Waals surface area contributed by atoms with Gasteiger partial charge in [0.25, 0.3) is 0 Å². The van der Waals surface area contributed by atoms with Gasteiger partial charge in [-0.05, 0) is 83.4 Å². The smallest absolute Gasteiger partial charge is 0.391 e. The minimum Gasteiger partial charge on any atom is -0.391 e. The lowest BCUT2D eigenvalue weighted by Crippen LogP contribution is -2.65. The van der Waals surface area contributed by atoms with E-state index in [2.05, 4.69) is 37.3 Å². The second-order valence-electron chi connectivity index (χ2n) is 15.3. The van der Waals surface area contributed by atoms with Crippen molar-refractivity contribution in [3.63, 3.8) is 0 Å². The Morgan fingerprint density at radius 2 is 1.79 bits per heavy atom. The maximum atomic E-state index is 13.3. The van der Waals surface area contributed by atoms with Crippen LogP contribution in [-0.4, -0.2) is 117 Å². The van der Waals surface area contributed by atoms with Gasteiger partial charge in [0.15, 0.2) is 0 Å². The zero-order valence-electron chi connectivity index (χ0n) is 29.0. The number of aliphatic hydroxyl groups excluding tert-OH is 1. The second kappa shape index (κ2) is 14.2. The van der Waals surface area contributed by atoms with Gasteiger partial charge in [0.2, 0.25) is 0 Å². The zero-order chi connectivity index (χ0) is 33.5. The summed E-state index contributed by atoms with van der Waals surface area (Å²) in [5.74, 6) is 0.517. The first-order valence-electron chi connectivity index (χ1n) is 18.6. The molecule has 1 N–H and O–H groups in total. The van der Waals surface area contributed by atoms with Crippen molar-refractivity contribution in [2.24, 2.45) is 17.0 Å². The Balaban J connectivity index is 0.996. The molecule has 1 aromatic rings. The number of imide groups is 1. The van der Waals surface area contributed by atoms with E-state index in [0.29, 0.717) is 48.6 Å². The van der Waals surface area contributed by atoms with E-state index in [9.17, 15) is 14.7 Å². The van der Waals surface area contributed by atoms with Gasteiger partial charge in [-0.2, -0.15) is 4.79 Å². The van der Waals surface area contributed by atoms with Crippen LogP contribution in [0.15, 0.2) is 35.5 Å². The third kappa shape index (κ3) is 6.55. The van der Waals surface area contributed by atoms with Crippen LogP contribution in [0, 0.1) is 11.8 Å². The number of fused-ring (bicyclic) bond motifs is 2. The van der Waals surface area contributed by atoms with Gasteiger partial charge in [-0.25, -0.2) is 4.79 Å². The van der Waals surface area contributed by atoms with Gasteiger partial charge >= 0.3 is 12.1 Å². The minimum atomic E-state index is -0.596. The van der Waals surface area contributed by atoms with Gasteiger partial charge in [0.05, 0.1) is 25.1 Å². The largest absolute Gasteiger partial charge is 0.531 e. The number of hydrogen-bond donors (Lipinski definition) is 1. The highest BCUT2D eigenvalue weighted by Gasteiger charge is 2.56. The molecule has 6 aliphatic rings. The molecule has 262 valence electrons. The standard InChI is InChI=1S/C37H55N6O5/c1-24-21-31-30(42(26(24)3)28-13-8-5-6-9-14-28)17-12-19-40(31)23-25(2)48-38-33-27(22-32(44)34-35(33)47-34)18-20-41-37(46)43(36(45)39(41)4)29-15-10-7-11-16-29/h7,10-11,15-16,24-28,30-32,34-35,44H,4-6,8-9,12-14,17-23H2,1-3H3/q+1/b38-33-/t24?,25?,26?,27-,30?,31?,32-,34-,35+/m0/s1. The van der Waals surface area contributed by atoms with Crippen LogP contribution >= 0.6 is 0 Å². The number of carbonyl (C=O) groups excluding carboxylic acids is 2. The van der Waals surface area contributed by atoms with Crippen molar-refractivity contribution in [3.05, 3.63) is 30.3 Å². The molecule has 11 nitrogen and oxygen atoms in total. The first kappa shape index (κ1) is 33.6. The molecule has 2 saturated carbocycles. The van der Waals surface area contributed by atoms with Crippen LogP contribution in [0.4, 0.5) is 15.3 Å². The number of epoxide rings is 1. The van der Waals surface area contributed by atoms with Crippen molar-refractivity contribution in [1.29, 1.82) is 0 Å². The number of ether oxygens (including phenoxy) is 1. The van der Waals surface area contributed by atoms with Gasteiger partial charge in [-0.1, -0.05) is 60.6 Å². The summed E-state index contributed by atoms with van der Waals surface area (Å²) in [4.78, 5) is 39.3. The molecule has 4 amide bonds. The Labute approximate surface area is 285 Å². The van der Waals surface area contributed by atoms with Crippen LogP contribution in [0.5, 0.6) is 0 Å². The van der Waals surface area contributed by atoms with Gasteiger partial charge < -0.3 is 14.7 Å². The molecule has 5 unspecified atom stereocenters. The van der Waals surface area contributed by atoms with Crippen LogP contribution in [0.3, 0.4) is 0 Å². The Morgan fingerprint density at radius 1 is 1.04 bits per heavy atom. The summed E-state index contributed by atoms with van der Waals surface area (Å²) in [5.41, 5.74) is 1.30. The first-order valence-corrected chi connectivity index (χ1v) is 18.6. The molecule has 4 saturated heterocycles. The Morgan fingerprint density at radius 3 is 2.54 bits per heavy atom. The first-order chi connectivity index (χ1) is 23.2. The van der Waals surface area contributed by atoms with E-state index in [1.807, 2.05) is 6.07 Å². The van der Waals surface area contributed by atoms with Crippen LogP contribution in [-0.2, 0) is 9.57 Å². The number of amides is 4. The molecule has 0 aromatic heterocycles. The SMILES string of the molecule is C=[N+]1C(=O)N(c2ccccc2)C(=O)N1CC[C@H]1C[C@H](O)[C@@H]2O[C@@H]2/C1=N\OC(C)CN1CCCC2C1CC(C)C(C)N2C1CCCCCC1. The highest BCUT2D eigenvalue weighted by Crippen LogP contribution is 2.41. The third-order valence-electron chi connectivity index (χ3n) is 12.2. The molecule has 2 aliphatic carbocycles. The molecular weight excluding hydrogens is 608 g/mol. The van der Waals surface area contributed by atoms with E-state index < -0.39 is 18.2 Å². The number of nitrogens with zero attached hydrogens (tertiary/aromatic N) is 6. The van der Waals surface area contributed by atoms with Gasteiger partial charge in [0, 0.05) is 36.6 Å². The van der Waals surface area contributed by atoms with E-state index in [1.165, 1.54) is 62.8 Å². The number of aliphatic hydroxyl groups is 1. The van der Waals surface area contributed by atoms with E-state index >= 15 is 0 Å². The molecule has 9 atom stereocenters. The number of hydrazine groups is 1. The number of likely N-dealkylation sites (tertiary alicyclic amines) is 2. The average Bonchev–Trinajstić information content (AvgIpc) is 3.89. The van der Waals surface area contributed by atoms with Gasteiger partial charge in [-0.15, -0.1) is 9.91 Å². The van der Waals surface area contributed by atoms with E-state index in [4.69, 9.17) is 14.7 Å². The van der Waals surface area contributed by atoms with Gasteiger partial charge in [0.1, 0.15) is 24.0 Å². The summed E-state index contributed by atoms with van der Waals surface area (Å²) >= 11 is 0. The van der Waals surface area contributed by atoms with Crippen molar-refractivity contribution >= 4 is 30.2 Å². The number of hydrazone groups is 1. The van der Waals surface area contributed by atoms with Crippen LogP contribution in [0.1, 0.15) is 91.4 Å². The van der Waals surface area contributed by atoms with E-state index in [1.54, 1.807) is 24.3 Å². The van der Waals surface area contributed by atoms with Crippen LogP contribution < -0.4 is 4.90 Å². The van der Waals surface area contributed by atoms with Crippen LogP contribution in [0.25, 0.3) is 0 Å². The summed E-state index contributed by atoms with van der Waals surface area (Å²) in [5, 5.41) is 16.8. The Hall–Kier alpha value is -2.86. The molecule has 0 radical (unpaired) electrons. The monoisotopic (exact) mass is 663 g/mol. The lowest BCUT2D eigenvalue weighted by molar-refractivity contribution is -0.565. The summed E-state index contributed by atoms with van der Waals surface area (Å²) in [6.07, 6.45) is 11.7. The quantitative estimate of drug-likeness (QED) is 0.166. The Bertz CT molecular complexity index is 1370. The molecule has 0 bridgehead atoms. The van der Waals surface area contributed by atoms with Crippen LogP contribution in [0.2, 0.25) is 0 Å². The number of carbonyl (C=O) groups is 2. The van der Waals surface area contributed by atoms with Crippen molar-refractivity contribution < 1.29 is 29.0 Å². The molecule has 7 rings (SSSR count). The maximum Gasteiger partial charge on any atom is 0.531 e. The minimum absolute atomic E-state index is 0.102. The number of rotatable bonds is 9. The molecule has 4 heterocycles. The lowest BCUT2D eigenvalue weighted by Gasteiger charge is -2.56. The number of oxime groups is 1. The highest BCUT2D eigenvalue weighted by atomic mass is 16.6. The number of benzene rings is 1. The fourth-order valence-electron chi connectivity index (χ4n) is 9.47. The average molecular weight is 664 g/mol. The predicted molar refractivity (Wildman–Crippen MR) is 184 cm³/mol. The highest BCUT2D eigenvalue weighted by molar-refractivity contribution is 6.13. The summed E-state index contributed by atoms with van der Waals surface area (Å²) in [7, 11) is 0. The van der Waals surface area contributed by atoms with Crippen molar-refractivity contribution in [3.8, 4) is 0 Å². The molecule has 0 spiro atoms. The summed E-state index contributed by atoms with van der Waals surface area (Å²) in [6, 6.07) is 10.4. The maximum absolute atomic E-state index is 13.3. The lowest BCUT2D eigenvalue weighted by atomic mass is 9.77. The number of urea groups is 2. The van der Waals surface area contributed by atoms with Crippen molar-refractivity contribution in [1.82, 2.24) is 14.8 Å². The molecule has 1 aromatic carbocycles. The summed E-state index contributed by atoms with van der Waals surface area (Å²) < 4.78 is 6.97. The van der Waals surface area contributed by atoms with E-state index in [-0.39, 0.29) is 30.8 Å². The fourth-order valence-corrected chi connectivity index (χ4v) is 9.47. The number of para-hydroxylation sites is 1. The molecule has 48 heavy (non-hydrogen) atoms.